The molecule has 7 rings (SSSR count). The first-order valence-electron chi connectivity index (χ1n) is 14.3. The molecule has 3 fully saturated rings. The van der Waals surface area contributed by atoms with Crippen molar-refractivity contribution >= 4 is 28.4 Å². The van der Waals surface area contributed by atoms with Crippen molar-refractivity contribution in [2.24, 2.45) is 11.3 Å². The number of amides is 1. The fourth-order valence-corrected chi connectivity index (χ4v) is 6.50. The number of halogens is 1. The smallest absolute Gasteiger partial charge is 0.226 e. The molecule has 3 aliphatic rings. The van der Waals surface area contributed by atoms with Gasteiger partial charge >= 0.3 is 0 Å². The first-order valence-corrected chi connectivity index (χ1v) is 14.3. The number of fused-ring (bicyclic) bond motifs is 1. The number of carbonyl (C=O) groups excluding carboxylic acids is 3. The van der Waals surface area contributed by atoms with Crippen LogP contribution >= 0.6 is 0 Å². The molecule has 2 bridgehead atoms. The highest BCUT2D eigenvalue weighted by Crippen LogP contribution is 2.66. The molecule has 0 atom stereocenters. The summed E-state index contributed by atoms with van der Waals surface area (Å²) in [7, 11) is 3.39. The lowest BCUT2D eigenvalue weighted by molar-refractivity contribution is -0.127. The average Bonchev–Trinajstić information content (AvgIpc) is 3.28. The number of hydrogen-bond acceptors (Lipinski definition) is 4. The summed E-state index contributed by atoms with van der Waals surface area (Å²) in [6.45, 7) is 3.81. The van der Waals surface area contributed by atoms with E-state index in [0.717, 1.165) is 36.3 Å². The van der Waals surface area contributed by atoms with Crippen molar-refractivity contribution in [2.45, 2.75) is 52.4 Å². The minimum absolute atomic E-state index is 0.0593. The molecule has 0 spiro atoms. The van der Waals surface area contributed by atoms with Gasteiger partial charge in [-0.3, -0.25) is 14.4 Å². The third-order valence-corrected chi connectivity index (χ3v) is 8.95. The summed E-state index contributed by atoms with van der Waals surface area (Å²) < 4.78 is 21.3. The van der Waals surface area contributed by atoms with Crippen molar-refractivity contribution in [3.05, 3.63) is 82.7 Å². The van der Waals surface area contributed by atoms with Gasteiger partial charge in [0.2, 0.25) is 5.91 Å². The third kappa shape index (κ3) is 4.79. The molecular weight excluding hydrogens is 517 g/mol. The second-order valence-corrected chi connectivity index (χ2v) is 12.2. The molecule has 0 radical (unpaired) electrons. The van der Waals surface area contributed by atoms with Gasteiger partial charge < -0.3 is 9.32 Å². The zero-order valence-electron chi connectivity index (χ0n) is 24.0. The molecule has 210 valence electrons. The van der Waals surface area contributed by atoms with Gasteiger partial charge in [0.25, 0.3) is 0 Å². The maximum Gasteiger partial charge on any atom is 0.226 e. The zero-order valence-corrected chi connectivity index (χ0v) is 24.0. The molecule has 3 saturated carbocycles. The van der Waals surface area contributed by atoms with Gasteiger partial charge in [-0.15, -0.1) is 0 Å². The molecule has 1 aromatic heterocycles. The van der Waals surface area contributed by atoms with E-state index in [0.29, 0.717) is 51.8 Å². The molecule has 3 aliphatic carbocycles. The predicted molar refractivity (Wildman–Crippen MR) is 158 cm³/mol. The Balaban J connectivity index is 1.51. The van der Waals surface area contributed by atoms with Crippen LogP contribution in [0.15, 0.2) is 59.0 Å². The van der Waals surface area contributed by atoms with Gasteiger partial charge in [0.1, 0.15) is 17.2 Å². The summed E-state index contributed by atoms with van der Waals surface area (Å²) in [4.78, 5) is 40.9. The maximum atomic E-state index is 15.0. The Bertz CT molecular complexity index is 1700. The van der Waals surface area contributed by atoms with Crippen molar-refractivity contribution in [3.8, 4) is 22.5 Å². The predicted octanol–water partition coefficient (Wildman–Crippen LogP) is 7.81. The van der Waals surface area contributed by atoms with E-state index >= 15 is 4.39 Å². The Morgan fingerprint density at radius 2 is 1.63 bits per heavy atom. The molecule has 0 unspecified atom stereocenters. The topological polar surface area (TPSA) is 67.6 Å². The summed E-state index contributed by atoms with van der Waals surface area (Å²) in [5.74, 6) is 0.342. The highest BCUT2D eigenvalue weighted by molar-refractivity contribution is 6.13. The molecule has 5 nitrogen and oxygen atoms in total. The third-order valence-electron chi connectivity index (χ3n) is 8.95. The van der Waals surface area contributed by atoms with E-state index in [4.69, 9.17) is 4.42 Å². The lowest BCUT2D eigenvalue weighted by Crippen LogP contribution is -2.52. The highest BCUT2D eigenvalue weighted by Gasteiger charge is 2.57. The van der Waals surface area contributed by atoms with Crippen LogP contribution in [0.3, 0.4) is 0 Å². The highest BCUT2D eigenvalue weighted by atomic mass is 19.1. The molecule has 1 amide bonds. The van der Waals surface area contributed by atoms with Crippen molar-refractivity contribution in [3.63, 3.8) is 0 Å². The average molecular weight is 552 g/mol. The van der Waals surface area contributed by atoms with Gasteiger partial charge in [-0.05, 0) is 78.5 Å². The minimum atomic E-state index is -0.538. The fraction of sp³-hybridized carbons (Fsp3) is 0.343. The number of rotatable bonds is 9. The fourth-order valence-electron chi connectivity index (χ4n) is 6.50. The van der Waals surface area contributed by atoms with Gasteiger partial charge in [0.15, 0.2) is 11.6 Å². The summed E-state index contributed by atoms with van der Waals surface area (Å²) in [6.07, 6.45) is 3.93. The number of aryl methyl sites for hydroxylation is 1. The Hall–Kier alpha value is -4.06. The van der Waals surface area contributed by atoms with Crippen LogP contribution in [0.1, 0.15) is 70.9 Å². The van der Waals surface area contributed by atoms with Gasteiger partial charge in [-0.25, -0.2) is 4.39 Å². The van der Waals surface area contributed by atoms with Crippen LogP contribution < -0.4 is 0 Å². The number of benzene rings is 3. The van der Waals surface area contributed by atoms with Gasteiger partial charge in [0, 0.05) is 37.9 Å². The molecule has 4 aromatic rings. The Morgan fingerprint density at radius 3 is 2.24 bits per heavy atom. The Kier molecular flexibility index (Phi) is 6.68. The molecule has 0 aliphatic heterocycles. The second-order valence-electron chi connectivity index (χ2n) is 12.2. The van der Waals surface area contributed by atoms with Crippen LogP contribution in [-0.4, -0.2) is 36.5 Å². The van der Waals surface area contributed by atoms with E-state index < -0.39 is 5.82 Å². The Morgan fingerprint density at radius 1 is 0.951 bits per heavy atom. The van der Waals surface area contributed by atoms with Gasteiger partial charge in [-0.1, -0.05) is 42.8 Å². The monoisotopic (exact) mass is 551 g/mol. The first-order chi connectivity index (χ1) is 19.6. The van der Waals surface area contributed by atoms with E-state index in [1.807, 2.05) is 50.2 Å². The summed E-state index contributed by atoms with van der Waals surface area (Å²) >= 11 is 0. The number of ketones is 2. The second kappa shape index (κ2) is 10.1. The standard InChI is InChI=1S/C35H34FNO4/c1-5-29(38)33-27-15-25(23-10-11-28(36)26(12-23)30(39)19-35-16-21(17-35)18-35)24(14-32(40)37(3)4)13-31(27)41-34(33)22-8-6-20(2)7-9-22/h6-13,15,21H,5,14,16-19H2,1-4H3. The van der Waals surface area contributed by atoms with Gasteiger partial charge in [0.05, 0.1) is 17.5 Å². The van der Waals surface area contributed by atoms with Crippen molar-refractivity contribution in [1.29, 1.82) is 0 Å². The van der Waals surface area contributed by atoms with E-state index in [9.17, 15) is 14.4 Å². The lowest BCUT2D eigenvalue weighted by atomic mass is 9.43. The van der Waals surface area contributed by atoms with Crippen molar-refractivity contribution < 1.29 is 23.2 Å². The molecule has 0 saturated heterocycles. The normalized spacial score (nSPS) is 19.0. The summed E-state index contributed by atoms with van der Waals surface area (Å²) in [6, 6.07) is 16.1. The van der Waals surface area contributed by atoms with E-state index in [2.05, 4.69) is 0 Å². The molecule has 1 heterocycles. The van der Waals surface area contributed by atoms with Crippen LogP contribution in [0, 0.1) is 24.1 Å². The lowest BCUT2D eigenvalue weighted by Gasteiger charge is -2.62. The maximum absolute atomic E-state index is 15.0. The SMILES string of the molecule is CCC(=O)c1c(-c2ccc(C)cc2)oc2cc(CC(=O)N(C)C)c(-c3ccc(F)c(C(=O)CC45CC(C4)C5)c3)cc12. The van der Waals surface area contributed by atoms with Crippen LogP contribution in [0.25, 0.3) is 33.4 Å². The molecule has 41 heavy (non-hydrogen) atoms. The number of carbonyl (C=O) groups is 3. The summed E-state index contributed by atoms with van der Waals surface area (Å²) in [5, 5.41) is 0.634. The van der Waals surface area contributed by atoms with Crippen LogP contribution in [-0.2, 0) is 11.2 Å². The Labute approximate surface area is 239 Å². The van der Waals surface area contributed by atoms with Crippen molar-refractivity contribution in [2.75, 3.05) is 14.1 Å². The van der Waals surface area contributed by atoms with Crippen LogP contribution in [0.4, 0.5) is 4.39 Å². The first kappa shape index (κ1) is 27.1. The van der Waals surface area contributed by atoms with E-state index in [1.165, 1.54) is 11.0 Å². The molecule has 6 heteroatoms. The molecule has 3 aromatic carbocycles. The van der Waals surface area contributed by atoms with E-state index in [1.54, 1.807) is 26.2 Å². The summed E-state index contributed by atoms with van der Waals surface area (Å²) in [5.41, 5.74) is 5.00. The number of likely N-dealkylation sites (N-methyl/N-ethyl adjacent to an activating group) is 1. The van der Waals surface area contributed by atoms with E-state index in [-0.39, 0.29) is 34.9 Å². The molecule has 0 N–H and O–H groups in total. The number of Topliss-reactive ketones (excluding diaryl/α,β-unsaturated/α-hetero) is 2. The zero-order chi connectivity index (χ0) is 29.1. The minimum Gasteiger partial charge on any atom is -0.455 e. The quantitative estimate of drug-likeness (QED) is 0.199. The van der Waals surface area contributed by atoms with Crippen molar-refractivity contribution in [1.82, 2.24) is 4.90 Å². The van der Waals surface area contributed by atoms with Crippen LogP contribution in [0.5, 0.6) is 0 Å². The van der Waals surface area contributed by atoms with Gasteiger partial charge in [-0.2, -0.15) is 0 Å². The van der Waals surface area contributed by atoms with Crippen LogP contribution in [0.2, 0.25) is 0 Å². The number of hydrogen-bond donors (Lipinski definition) is 0. The molecular formula is C35H34FNO4. The number of nitrogens with zero attached hydrogens (tertiary/aromatic N) is 1. The largest absolute Gasteiger partial charge is 0.455 e. The number of furan rings is 1.